The molecule has 0 aliphatic carbocycles. The molecule has 1 aliphatic heterocycles. The van der Waals surface area contributed by atoms with Crippen LogP contribution in [0.15, 0.2) is 24.3 Å². The zero-order chi connectivity index (χ0) is 14.5. The Bertz CT molecular complexity index is 499. The monoisotopic (exact) mass is 296 g/mol. The molecule has 0 unspecified atom stereocenters. The summed E-state index contributed by atoms with van der Waals surface area (Å²) in [6, 6.07) is 7.60. The molecule has 108 valence electrons. The van der Waals surface area contributed by atoms with E-state index in [1.165, 1.54) is 4.90 Å². The number of rotatable bonds is 2. The molecule has 1 fully saturated rings. The van der Waals surface area contributed by atoms with Crippen LogP contribution < -0.4 is 4.90 Å². The molecular formula is C14H17ClN2O3. The lowest BCUT2D eigenvalue weighted by Crippen LogP contribution is -2.51. The molecular weight excluding hydrogens is 280 g/mol. The van der Waals surface area contributed by atoms with Crippen molar-refractivity contribution in [1.29, 1.82) is 0 Å². The lowest BCUT2D eigenvalue weighted by atomic mass is 10.2. The van der Waals surface area contributed by atoms with Crippen LogP contribution in [0.2, 0.25) is 5.02 Å². The molecule has 20 heavy (non-hydrogen) atoms. The lowest BCUT2D eigenvalue weighted by Gasteiger charge is -2.35. The van der Waals surface area contributed by atoms with Crippen LogP contribution in [0.5, 0.6) is 0 Å². The highest BCUT2D eigenvalue weighted by Gasteiger charge is 2.26. The van der Waals surface area contributed by atoms with Crippen molar-refractivity contribution >= 4 is 29.2 Å². The molecule has 1 aromatic carbocycles. The molecule has 1 heterocycles. The van der Waals surface area contributed by atoms with Gasteiger partial charge < -0.3 is 14.5 Å². The summed E-state index contributed by atoms with van der Waals surface area (Å²) in [6.07, 6.45) is 0. The van der Waals surface area contributed by atoms with Gasteiger partial charge >= 0.3 is 11.9 Å². The van der Waals surface area contributed by atoms with Crippen LogP contribution in [0.3, 0.4) is 0 Å². The topological polar surface area (TPSA) is 49.9 Å². The van der Waals surface area contributed by atoms with Crippen LogP contribution in [-0.4, -0.2) is 49.6 Å². The first-order valence-corrected chi connectivity index (χ1v) is 6.96. The predicted molar refractivity (Wildman–Crippen MR) is 76.9 cm³/mol. The molecule has 6 heteroatoms. The molecule has 0 spiro atoms. The van der Waals surface area contributed by atoms with Gasteiger partial charge in [0.05, 0.1) is 6.61 Å². The number of anilines is 1. The number of carbonyl (C=O) groups is 2. The summed E-state index contributed by atoms with van der Waals surface area (Å²) in [5, 5.41) is 0.688. The maximum absolute atomic E-state index is 11.8. The fourth-order valence-electron chi connectivity index (χ4n) is 2.16. The third-order valence-corrected chi connectivity index (χ3v) is 3.43. The van der Waals surface area contributed by atoms with Gasteiger partial charge in [0.25, 0.3) is 0 Å². The number of amides is 1. The summed E-state index contributed by atoms with van der Waals surface area (Å²) in [5.74, 6) is -1.33. The highest BCUT2D eigenvalue weighted by Crippen LogP contribution is 2.20. The maximum Gasteiger partial charge on any atom is 0.397 e. The molecule has 0 saturated carbocycles. The Morgan fingerprint density at radius 3 is 2.55 bits per heavy atom. The van der Waals surface area contributed by atoms with Crippen molar-refractivity contribution in [3.05, 3.63) is 29.3 Å². The van der Waals surface area contributed by atoms with E-state index in [-0.39, 0.29) is 6.61 Å². The SMILES string of the molecule is CCOC(=O)C(=O)N1CCN(c2cccc(Cl)c2)CC1. The van der Waals surface area contributed by atoms with Crippen molar-refractivity contribution in [3.8, 4) is 0 Å². The van der Waals surface area contributed by atoms with E-state index in [0.717, 1.165) is 5.69 Å². The smallest absolute Gasteiger partial charge is 0.397 e. The number of carbonyl (C=O) groups excluding carboxylic acids is 2. The minimum absolute atomic E-state index is 0.215. The molecule has 0 aromatic heterocycles. The normalized spacial score (nSPS) is 15.1. The summed E-state index contributed by atoms with van der Waals surface area (Å²) in [4.78, 5) is 26.9. The fraction of sp³-hybridized carbons (Fsp3) is 0.429. The van der Waals surface area contributed by atoms with Crippen molar-refractivity contribution in [1.82, 2.24) is 4.90 Å². The molecule has 0 atom stereocenters. The largest absolute Gasteiger partial charge is 0.459 e. The minimum atomic E-state index is -0.774. The second-order valence-electron chi connectivity index (χ2n) is 4.48. The molecule has 0 N–H and O–H groups in total. The van der Waals surface area contributed by atoms with Gasteiger partial charge in [0.15, 0.2) is 0 Å². The highest BCUT2D eigenvalue weighted by molar-refractivity contribution is 6.32. The number of hydrogen-bond donors (Lipinski definition) is 0. The summed E-state index contributed by atoms with van der Waals surface area (Å²) in [6.45, 7) is 4.25. The van der Waals surface area contributed by atoms with E-state index in [1.54, 1.807) is 6.92 Å². The van der Waals surface area contributed by atoms with E-state index >= 15 is 0 Å². The Morgan fingerprint density at radius 1 is 1.25 bits per heavy atom. The molecule has 1 amide bonds. The van der Waals surface area contributed by atoms with Crippen LogP contribution in [0.1, 0.15) is 6.92 Å². The second-order valence-corrected chi connectivity index (χ2v) is 4.92. The molecule has 0 bridgehead atoms. The second kappa shape index (κ2) is 6.61. The number of nitrogens with zero attached hydrogens (tertiary/aromatic N) is 2. The van der Waals surface area contributed by atoms with Gasteiger partial charge in [-0.15, -0.1) is 0 Å². The van der Waals surface area contributed by atoms with Crippen molar-refractivity contribution < 1.29 is 14.3 Å². The Morgan fingerprint density at radius 2 is 1.95 bits per heavy atom. The van der Waals surface area contributed by atoms with Gasteiger partial charge in [0.2, 0.25) is 0 Å². The van der Waals surface area contributed by atoms with Crippen LogP contribution in [0.25, 0.3) is 0 Å². The minimum Gasteiger partial charge on any atom is -0.459 e. The van der Waals surface area contributed by atoms with Gasteiger partial charge in [-0.1, -0.05) is 17.7 Å². The van der Waals surface area contributed by atoms with Gasteiger partial charge in [0, 0.05) is 36.9 Å². The third-order valence-electron chi connectivity index (χ3n) is 3.19. The average molecular weight is 297 g/mol. The van der Waals surface area contributed by atoms with E-state index in [4.69, 9.17) is 16.3 Å². The first-order chi connectivity index (χ1) is 9.61. The van der Waals surface area contributed by atoms with Crippen molar-refractivity contribution in [2.75, 3.05) is 37.7 Å². The molecule has 5 nitrogen and oxygen atoms in total. The Balaban J connectivity index is 1.92. The summed E-state index contributed by atoms with van der Waals surface area (Å²) >= 11 is 5.97. The standard InChI is InChI=1S/C14H17ClN2O3/c1-2-20-14(19)13(18)17-8-6-16(7-9-17)12-5-3-4-11(15)10-12/h3-5,10H,2,6-9H2,1H3. The van der Waals surface area contributed by atoms with Gasteiger partial charge in [-0.3, -0.25) is 4.79 Å². The number of esters is 1. The van der Waals surface area contributed by atoms with Crippen molar-refractivity contribution in [3.63, 3.8) is 0 Å². The van der Waals surface area contributed by atoms with Crippen LogP contribution in [0, 0.1) is 0 Å². The molecule has 2 rings (SSSR count). The number of piperazine rings is 1. The fourth-order valence-corrected chi connectivity index (χ4v) is 2.35. The van der Waals surface area contributed by atoms with Crippen molar-refractivity contribution in [2.45, 2.75) is 6.92 Å². The van der Waals surface area contributed by atoms with Crippen LogP contribution >= 0.6 is 11.6 Å². The first kappa shape index (κ1) is 14.7. The van der Waals surface area contributed by atoms with E-state index in [9.17, 15) is 9.59 Å². The number of halogens is 1. The Kier molecular flexibility index (Phi) is 4.84. The third kappa shape index (κ3) is 3.42. The zero-order valence-electron chi connectivity index (χ0n) is 11.3. The average Bonchev–Trinajstić information content (AvgIpc) is 2.47. The molecule has 1 aliphatic rings. The van der Waals surface area contributed by atoms with E-state index in [2.05, 4.69) is 4.90 Å². The van der Waals surface area contributed by atoms with Crippen molar-refractivity contribution in [2.24, 2.45) is 0 Å². The van der Waals surface area contributed by atoms with Gasteiger partial charge in [-0.05, 0) is 25.1 Å². The molecule has 0 radical (unpaired) electrons. The number of ether oxygens (including phenoxy) is 1. The van der Waals surface area contributed by atoms with Gasteiger partial charge in [0.1, 0.15) is 0 Å². The van der Waals surface area contributed by atoms with Gasteiger partial charge in [-0.25, -0.2) is 4.79 Å². The quantitative estimate of drug-likeness (QED) is 0.614. The predicted octanol–water partition coefficient (Wildman–Crippen LogP) is 1.55. The zero-order valence-corrected chi connectivity index (χ0v) is 12.1. The van der Waals surface area contributed by atoms with E-state index < -0.39 is 11.9 Å². The first-order valence-electron chi connectivity index (χ1n) is 6.58. The Hall–Kier alpha value is -1.75. The Labute approximate surface area is 123 Å². The number of benzene rings is 1. The molecule has 1 saturated heterocycles. The van der Waals surface area contributed by atoms with E-state index in [1.807, 2.05) is 24.3 Å². The van der Waals surface area contributed by atoms with Crippen LogP contribution in [-0.2, 0) is 14.3 Å². The summed E-state index contributed by atoms with van der Waals surface area (Å²) < 4.78 is 4.72. The number of hydrogen-bond acceptors (Lipinski definition) is 4. The molecule has 1 aromatic rings. The van der Waals surface area contributed by atoms with Crippen LogP contribution in [0.4, 0.5) is 5.69 Å². The lowest BCUT2D eigenvalue weighted by molar-refractivity contribution is -0.160. The summed E-state index contributed by atoms with van der Waals surface area (Å²) in [7, 11) is 0. The highest BCUT2D eigenvalue weighted by atomic mass is 35.5. The van der Waals surface area contributed by atoms with Gasteiger partial charge in [-0.2, -0.15) is 0 Å². The van der Waals surface area contributed by atoms with E-state index in [0.29, 0.717) is 31.2 Å². The summed E-state index contributed by atoms with van der Waals surface area (Å²) in [5.41, 5.74) is 1.03. The maximum atomic E-state index is 11.8.